The Morgan fingerprint density at radius 2 is 2.03 bits per heavy atom. The summed E-state index contributed by atoms with van der Waals surface area (Å²) in [5.41, 5.74) is -2.21. The molecule has 170 valence electrons. The highest BCUT2D eigenvalue weighted by Crippen LogP contribution is 2.39. The molecule has 32 heavy (non-hydrogen) atoms. The largest absolute Gasteiger partial charge is 0.434 e. The summed E-state index contributed by atoms with van der Waals surface area (Å²) in [6.07, 6.45) is -5.57. The van der Waals surface area contributed by atoms with Gasteiger partial charge < -0.3 is 10.2 Å². The molecule has 1 aromatic carbocycles. The van der Waals surface area contributed by atoms with Crippen molar-refractivity contribution < 1.29 is 31.1 Å². The number of benzene rings is 1. The standard InChI is InChI=1S/C20H15ClF6N4O/c1-10-9-31(5-4-19(10,23)24)17-13(7-14(21)16(30-17)20(25,26)27)18(32)29-12-2-3-15(22)11(6-12)8-28/h2-3,6-7,10H,4-5,9H2,1H3,(H,29,32). The number of carbonyl (C=O) groups excluding carboxylic acids is 1. The fourth-order valence-electron chi connectivity index (χ4n) is 3.25. The number of halogens is 7. The van der Waals surface area contributed by atoms with Gasteiger partial charge in [-0.1, -0.05) is 18.5 Å². The number of hydrogen-bond donors (Lipinski definition) is 1. The number of carbonyl (C=O) groups is 1. The number of nitriles is 1. The van der Waals surface area contributed by atoms with E-state index in [1.54, 1.807) is 6.07 Å². The Labute approximate surface area is 183 Å². The minimum atomic E-state index is -4.94. The zero-order valence-corrected chi connectivity index (χ0v) is 17.2. The second kappa shape index (κ2) is 8.50. The van der Waals surface area contributed by atoms with Crippen LogP contribution in [0.3, 0.4) is 0 Å². The molecule has 1 N–H and O–H groups in total. The van der Waals surface area contributed by atoms with Crippen molar-refractivity contribution in [3.63, 3.8) is 0 Å². The molecule has 0 radical (unpaired) electrons. The molecule has 2 heterocycles. The SMILES string of the molecule is CC1CN(c2nc(C(F)(F)F)c(Cl)cc2C(=O)Nc2ccc(F)c(C#N)c2)CCC1(F)F. The van der Waals surface area contributed by atoms with Crippen LogP contribution in [0.1, 0.15) is 35.0 Å². The number of alkyl halides is 5. The molecule has 1 fully saturated rings. The van der Waals surface area contributed by atoms with Gasteiger partial charge in [-0.2, -0.15) is 18.4 Å². The van der Waals surface area contributed by atoms with Gasteiger partial charge in [0.15, 0.2) is 5.69 Å². The molecule has 1 unspecified atom stereocenters. The van der Waals surface area contributed by atoms with Crippen molar-refractivity contribution in [2.45, 2.75) is 25.4 Å². The van der Waals surface area contributed by atoms with E-state index < -0.39 is 52.7 Å². The van der Waals surface area contributed by atoms with E-state index in [9.17, 15) is 31.1 Å². The van der Waals surface area contributed by atoms with Crippen LogP contribution in [0.25, 0.3) is 0 Å². The van der Waals surface area contributed by atoms with Crippen molar-refractivity contribution in [3.05, 3.63) is 51.9 Å². The van der Waals surface area contributed by atoms with Crippen LogP contribution in [-0.4, -0.2) is 29.9 Å². The van der Waals surface area contributed by atoms with Crippen molar-refractivity contribution in [2.75, 3.05) is 23.3 Å². The van der Waals surface area contributed by atoms with Crippen LogP contribution in [0.5, 0.6) is 0 Å². The van der Waals surface area contributed by atoms with Crippen molar-refractivity contribution in [1.82, 2.24) is 4.98 Å². The number of amides is 1. The van der Waals surface area contributed by atoms with E-state index in [2.05, 4.69) is 10.3 Å². The quantitative estimate of drug-likeness (QED) is 0.594. The molecule has 1 amide bonds. The first kappa shape index (κ1) is 23.7. The zero-order valence-electron chi connectivity index (χ0n) is 16.4. The summed E-state index contributed by atoms with van der Waals surface area (Å²) >= 11 is 5.72. The van der Waals surface area contributed by atoms with E-state index in [1.807, 2.05) is 0 Å². The molecule has 5 nitrogen and oxygen atoms in total. The monoisotopic (exact) mass is 476 g/mol. The third-order valence-corrected chi connectivity index (χ3v) is 5.33. The second-order valence-electron chi connectivity index (χ2n) is 7.31. The van der Waals surface area contributed by atoms with E-state index in [1.165, 1.54) is 11.8 Å². The van der Waals surface area contributed by atoms with E-state index in [0.29, 0.717) is 0 Å². The predicted octanol–water partition coefficient (Wildman–Crippen LogP) is 5.50. The summed E-state index contributed by atoms with van der Waals surface area (Å²) in [6, 6.07) is 5.47. The van der Waals surface area contributed by atoms with Crippen LogP contribution in [-0.2, 0) is 6.18 Å². The number of pyridine rings is 1. The third-order valence-electron chi connectivity index (χ3n) is 5.04. The van der Waals surface area contributed by atoms with E-state index in [0.717, 1.165) is 24.3 Å². The lowest BCUT2D eigenvalue weighted by molar-refractivity contribution is -0.141. The van der Waals surface area contributed by atoms with Crippen LogP contribution in [0.4, 0.5) is 37.8 Å². The molecule has 0 spiro atoms. The average Bonchev–Trinajstić information content (AvgIpc) is 2.70. The summed E-state index contributed by atoms with van der Waals surface area (Å²) in [5, 5.41) is 10.4. The summed E-state index contributed by atoms with van der Waals surface area (Å²) < 4.78 is 81.3. The molecule has 0 saturated carbocycles. The lowest BCUT2D eigenvalue weighted by atomic mass is 9.95. The Bertz CT molecular complexity index is 1100. The number of aromatic nitrogens is 1. The van der Waals surface area contributed by atoms with Gasteiger partial charge in [0, 0.05) is 31.1 Å². The van der Waals surface area contributed by atoms with Crippen LogP contribution < -0.4 is 10.2 Å². The summed E-state index contributed by atoms with van der Waals surface area (Å²) in [7, 11) is 0. The van der Waals surface area contributed by atoms with Gasteiger partial charge in [-0.25, -0.2) is 18.2 Å². The summed E-state index contributed by atoms with van der Waals surface area (Å²) in [6.45, 7) is 0.571. The van der Waals surface area contributed by atoms with Crippen molar-refractivity contribution in [2.24, 2.45) is 5.92 Å². The van der Waals surface area contributed by atoms with Crippen molar-refractivity contribution in [1.29, 1.82) is 5.26 Å². The molecule has 1 aliphatic heterocycles. The molecule has 1 saturated heterocycles. The number of nitrogens with one attached hydrogen (secondary N) is 1. The fraction of sp³-hybridized carbons (Fsp3) is 0.350. The van der Waals surface area contributed by atoms with Crippen molar-refractivity contribution >= 4 is 29.0 Å². The Balaban J connectivity index is 2.03. The molecule has 1 aliphatic rings. The summed E-state index contributed by atoms with van der Waals surface area (Å²) in [5.74, 6) is -6.45. The van der Waals surface area contributed by atoms with Crippen LogP contribution >= 0.6 is 11.6 Å². The molecule has 2 aromatic rings. The first-order chi connectivity index (χ1) is 14.8. The van der Waals surface area contributed by atoms with Gasteiger partial charge in [-0.05, 0) is 24.3 Å². The number of nitrogens with zero attached hydrogens (tertiary/aromatic N) is 3. The highest BCUT2D eigenvalue weighted by atomic mass is 35.5. The molecule has 1 aromatic heterocycles. The van der Waals surface area contributed by atoms with E-state index in [4.69, 9.17) is 16.9 Å². The van der Waals surface area contributed by atoms with E-state index in [-0.39, 0.29) is 29.9 Å². The third kappa shape index (κ3) is 4.75. The maximum atomic E-state index is 13.9. The van der Waals surface area contributed by atoms with E-state index >= 15 is 0 Å². The first-order valence-electron chi connectivity index (χ1n) is 9.25. The molecule has 0 bridgehead atoms. The van der Waals surface area contributed by atoms with Gasteiger partial charge in [0.25, 0.3) is 11.8 Å². The number of anilines is 2. The van der Waals surface area contributed by atoms with Gasteiger partial charge in [-0.3, -0.25) is 4.79 Å². The van der Waals surface area contributed by atoms with Gasteiger partial charge in [-0.15, -0.1) is 0 Å². The lowest BCUT2D eigenvalue weighted by Crippen LogP contribution is -2.47. The van der Waals surface area contributed by atoms with Gasteiger partial charge in [0.1, 0.15) is 17.7 Å². The predicted molar refractivity (Wildman–Crippen MR) is 104 cm³/mol. The van der Waals surface area contributed by atoms with Crippen LogP contribution in [0.2, 0.25) is 5.02 Å². The van der Waals surface area contributed by atoms with Gasteiger partial charge >= 0.3 is 6.18 Å². The smallest absolute Gasteiger partial charge is 0.355 e. The fourth-order valence-corrected chi connectivity index (χ4v) is 3.51. The van der Waals surface area contributed by atoms with Gasteiger partial charge in [0.2, 0.25) is 0 Å². The molecule has 1 atom stereocenters. The first-order valence-corrected chi connectivity index (χ1v) is 9.63. The Morgan fingerprint density at radius 1 is 1.34 bits per heavy atom. The zero-order chi connectivity index (χ0) is 23.8. The van der Waals surface area contributed by atoms with Crippen molar-refractivity contribution in [3.8, 4) is 6.07 Å². The molecule has 3 rings (SSSR count). The minimum absolute atomic E-state index is 0.00605. The Morgan fingerprint density at radius 3 is 2.62 bits per heavy atom. The molecular weight excluding hydrogens is 462 g/mol. The normalized spacial score (nSPS) is 18.2. The average molecular weight is 477 g/mol. The lowest BCUT2D eigenvalue weighted by Gasteiger charge is -2.38. The second-order valence-corrected chi connectivity index (χ2v) is 7.71. The van der Waals surface area contributed by atoms with Crippen LogP contribution in [0, 0.1) is 23.1 Å². The van der Waals surface area contributed by atoms with Crippen LogP contribution in [0.15, 0.2) is 24.3 Å². The number of rotatable bonds is 3. The number of piperidine rings is 1. The Hall–Kier alpha value is -3.00. The maximum Gasteiger partial charge on any atom is 0.434 e. The maximum absolute atomic E-state index is 13.9. The topological polar surface area (TPSA) is 69.0 Å². The molecular formula is C20H15ClF6N4O. The number of hydrogen-bond acceptors (Lipinski definition) is 4. The summed E-state index contributed by atoms with van der Waals surface area (Å²) in [4.78, 5) is 17.5. The highest BCUT2D eigenvalue weighted by molar-refractivity contribution is 6.32. The minimum Gasteiger partial charge on any atom is -0.355 e. The highest BCUT2D eigenvalue weighted by Gasteiger charge is 2.43. The Kier molecular flexibility index (Phi) is 6.29. The van der Waals surface area contributed by atoms with Gasteiger partial charge in [0.05, 0.1) is 16.1 Å². The molecule has 0 aliphatic carbocycles. The molecule has 12 heteroatoms.